The Balaban J connectivity index is 2.80. The lowest BCUT2D eigenvalue weighted by Gasteiger charge is -2.01. The molecule has 0 bridgehead atoms. The molecule has 0 aliphatic heterocycles. The van der Waals surface area contributed by atoms with Crippen molar-refractivity contribution in [2.24, 2.45) is 7.05 Å². The summed E-state index contributed by atoms with van der Waals surface area (Å²) in [6.07, 6.45) is 1.48. The summed E-state index contributed by atoms with van der Waals surface area (Å²) < 4.78 is 2.20. The Hall–Kier alpha value is -1.75. The van der Waals surface area contributed by atoms with Crippen LogP contribution < -0.4 is 0 Å². The summed E-state index contributed by atoms with van der Waals surface area (Å²) in [5.41, 5.74) is 3.69. The highest BCUT2D eigenvalue weighted by Gasteiger charge is 2.12. The van der Waals surface area contributed by atoms with Gasteiger partial charge in [0.1, 0.15) is 0 Å². The number of aromatic nitrogens is 1. The Labute approximate surface area is 89.7 Å². The van der Waals surface area contributed by atoms with Crippen molar-refractivity contribution in [1.82, 2.24) is 4.57 Å². The molecule has 1 heterocycles. The third-order valence-corrected chi connectivity index (χ3v) is 2.93. The van der Waals surface area contributed by atoms with E-state index in [0.29, 0.717) is 6.42 Å². The molecule has 0 saturated heterocycles. The second-order valence-electron chi connectivity index (χ2n) is 3.69. The number of nitriles is 1. The van der Waals surface area contributed by atoms with Crippen molar-refractivity contribution < 1.29 is 0 Å². The van der Waals surface area contributed by atoms with Gasteiger partial charge in [-0.2, -0.15) is 5.26 Å². The van der Waals surface area contributed by atoms with Crippen molar-refractivity contribution in [2.45, 2.75) is 19.8 Å². The molecule has 2 nitrogen and oxygen atoms in total. The smallest absolute Gasteiger partial charge is 0.0670 e. The molecular formula is C13H14N2. The van der Waals surface area contributed by atoms with Gasteiger partial charge in [-0.25, -0.2) is 0 Å². The second-order valence-corrected chi connectivity index (χ2v) is 3.69. The van der Waals surface area contributed by atoms with Gasteiger partial charge in [-0.1, -0.05) is 25.1 Å². The topological polar surface area (TPSA) is 28.7 Å². The number of hydrogen-bond donors (Lipinski definition) is 0. The van der Waals surface area contributed by atoms with Crippen LogP contribution in [0.5, 0.6) is 0 Å². The van der Waals surface area contributed by atoms with Gasteiger partial charge in [0, 0.05) is 23.6 Å². The van der Waals surface area contributed by atoms with Gasteiger partial charge in [-0.05, 0) is 18.1 Å². The first-order chi connectivity index (χ1) is 7.29. The largest absolute Gasteiger partial charge is 0.347 e. The minimum Gasteiger partial charge on any atom is -0.347 e. The maximum atomic E-state index is 8.85. The predicted molar refractivity (Wildman–Crippen MR) is 61.6 cm³/mol. The van der Waals surface area contributed by atoms with Crippen LogP contribution in [0.3, 0.4) is 0 Å². The third kappa shape index (κ3) is 1.41. The predicted octanol–water partition coefficient (Wildman–Crippen LogP) is 2.81. The summed E-state index contributed by atoms with van der Waals surface area (Å²) in [5, 5.41) is 10.1. The van der Waals surface area contributed by atoms with E-state index < -0.39 is 0 Å². The van der Waals surface area contributed by atoms with Crippen LogP contribution in [-0.2, 0) is 19.9 Å². The van der Waals surface area contributed by atoms with E-state index in [1.807, 2.05) is 12.1 Å². The minimum absolute atomic E-state index is 0.504. The van der Waals surface area contributed by atoms with E-state index in [-0.39, 0.29) is 0 Å². The molecule has 0 amide bonds. The van der Waals surface area contributed by atoms with Crippen LogP contribution in [-0.4, -0.2) is 4.57 Å². The summed E-state index contributed by atoms with van der Waals surface area (Å²) in [5.74, 6) is 0. The molecule has 2 aromatic rings. The van der Waals surface area contributed by atoms with Crippen molar-refractivity contribution in [2.75, 3.05) is 0 Å². The lowest BCUT2D eigenvalue weighted by atomic mass is 10.1. The summed E-state index contributed by atoms with van der Waals surface area (Å²) >= 11 is 0. The molecule has 0 spiro atoms. The highest BCUT2D eigenvalue weighted by Crippen LogP contribution is 2.25. The van der Waals surface area contributed by atoms with Crippen LogP contribution in [0.15, 0.2) is 24.3 Å². The molecule has 0 radical (unpaired) electrons. The normalized spacial score (nSPS) is 10.5. The molecular weight excluding hydrogens is 184 g/mol. The molecule has 0 saturated carbocycles. The first kappa shape index (κ1) is 9.79. The van der Waals surface area contributed by atoms with E-state index in [1.54, 1.807) is 0 Å². The number of nitrogens with zero attached hydrogens (tertiary/aromatic N) is 2. The average molecular weight is 198 g/mol. The first-order valence-electron chi connectivity index (χ1n) is 5.21. The zero-order chi connectivity index (χ0) is 10.8. The molecule has 1 aromatic heterocycles. The van der Waals surface area contributed by atoms with Gasteiger partial charge in [0.2, 0.25) is 0 Å². The lowest BCUT2D eigenvalue weighted by Crippen LogP contribution is -1.96. The fourth-order valence-corrected chi connectivity index (χ4v) is 2.25. The molecule has 1 aromatic carbocycles. The number of para-hydroxylation sites is 1. The Morgan fingerprint density at radius 1 is 1.33 bits per heavy atom. The maximum absolute atomic E-state index is 8.85. The zero-order valence-corrected chi connectivity index (χ0v) is 9.12. The van der Waals surface area contributed by atoms with Gasteiger partial charge < -0.3 is 4.57 Å². The summed E-state index contributed by atoms with van der Waals surface area (Å²) in [6, 6.07) is 10.5. The van der Waals surface area contributed by atoms with Crippen molar-refractivity contribution in [1.29, 1.82) is 5.26 Å². The standard InChI is InChI=1S/C13H14N2/c1-3-12-11(8-9-14)10-6-4-5-7-13(10)15(12)2/h4-7H,3,8H2,1-2H3. The van der Waals surface area contributed by atoms with Gasteiger partial charge in [0.25, 0.3) is 0 Å². The highest BCUT2D eigenvalue weighted by molar-refractivity contribution is 5.85. The van der Waals surface area contributed by atoms with Crippen LogP contribution in [0.2, 0.25) is 0 Å². The van der Waals surface area contributed by atoms with E-state index in [9.17, 15) is 0 Å². The van der Waals surface area contributed by atoms with Crippen molar-refractivity contribution in [3.63, 3.8) is 0 Å². The Kier molecular flexibility index (Phi) is 2.47. The van der Waals surface area contributed by atoms with Gasteiger partial charge in [-0.15, -0.1) is 0 Å². The molecule has 0 aliphatic carbocycles. The van der Waals surface area contributed by atoms with Crippen LogP contribution >= 0.6 is 0 Å². The van der Waals surface area contributed by atoms with Gasteiger partial charge in [-0.3, -0.25) is 0 Å². The highest BCUT2D eigenvalue weighted by atomic mass is 14.9. The fourth-order valence-electron chi connectivity index (χ4n) is 2.25. The van der Waals surface area contributed by atoms with Gasteiger partial charge >= 0.3 is 0 Å². The average Bonchev–Trinajstić information content (AvgIpc) is 2.54. The Morgan fingerprint density at radius 3 is 2.73 bits per heavy atom. The van der Waals surface area contributed by atoms with Gasteiger partial charge in [0.05, 0.1) is 12.5 Å². The first-order valence-corrected chi connectivity index (χ1v) is 5.21. The van der Waals surface area contributed by atoms with E-state index >= 15 is 0 Å². The van der Waals surface area contributed by atoms with E-state index in [2.05, 4.69) is 36.7 Å². The van der Waals surface area contributed by atoms with E-state index in [0.717, 1.165) is 6.42 Å². The molecule has 2 rings (SSSR count). The summed E-state index contributed by atoms with van der Waals surface area (Å²) in [7, 11) is 2.07. The number of fused-ring (bicyclic) bond motifs is 1. The van der Waals surface area contributed by atoms with Crippen LogP contribution in [0.1, 0.15) is 18.2 Å². The Morgan fingerprint density at radius 2 is 2.07 bits per heavy atom. The SMILES string of the molecule is CCc1c(CC#N)c2ccccc2n1C. The van der Waals surface area contributed by atoms with Crippen molar-refractivity contribution >= 4 is 10.9 Å². The number of rotatable bonds is 2. The van der Waals surface area contributed by atoms with Gasteiger partial charge in [0.15, 0.2) is 0 Å². The van der Waals surface area contributed by atoms with Crippen molar-refractivity contribution in [3.8, 4) is 6.07 Å². The molecule has 0 unspecified atom stereocenters. The van der Waals surface area contributed by atoms with Crippen LogP contribution in [0.4, 0.5) is 0 Å². The molecule has 0 atom stereocenters. The third-order valence-electron chi connectivity index (χ3n) is 2.93. The maximum Gasteiger partial charge on any atom is 0.0670 e. The number of hydrogen-bond acceptors (Lipinski definition) is 1. The van der Waals surface area contributed by atoms with Crippen molar-refractivity contribution in [3.05, 3.63) is 35.5 Å². The van der Waals surface area contributed by atoms with Crippen LogP contribution in [0.25, 0.3) is 10.9 Å². The minimum atomic E-state index is 0.504. The Bertz CT molecular complexity index is 529. The quantitative estimate of drug-likeness (QED) is 0.729. The molecule has 0 fully saturated rings. The molecule has 0 N–H and O–H groups in total. The molecule has 2 heteroatoms. The second kappa shape index (κ2) is 3.78. The van der Waals surface area contributed by atoms with E-state index in [1.165, 1.54) is 22.2 Å². The molecule has 15 heavy (non-hydrogen) atoms. The summed E-state index contributed by atoms with van der Waals surface area (Å²) in [6.45, 7) is 2.13. The number of aryl methyl sites for hydroxylation is 1. The zero-order valence-electron chi connectivity index (χ0n) is 9.12. The monoisotopic (exact) mass is 198 g/mol. The van der Waals surface area contributed by atoms with Crippen LogP contribution in [0, 0.1) is 11.3 Å². The molecule has 76 valence electrons. The number of benzene rings is 1. The fraction of sp³-hybridized carbons (Fsp3) is 0.308. The lowest BCUT2D eigenvalue weighted by molar-refractivity contribution is 0.852. The molecule has 0 aliphatic rings. The summed E-state index contributed by atoms with van der Waals surface area (Å²) in [4.78, 5) is 0. The van der Waals surface area contributed by atoms with E-state index in [4.69, 9.17) is 5.26 Å².